The van der Waals surface area contributed by atoms with E-state index in [4.69, 9.17) is 4.74 Å². The Morgan fingerprint density at radius 1 is 0.952 bits per heavy atom. The topological polar surface area (TPSA) is 29.6 Å². The second kappa shape index (κ2) is 4.70. The number of epoxide rings is 1. The van der Waals surface area contributed by atoms with Crippen LogP contribution in [0.4, 0.5) is 13.2 Å². The van der Waals surface area contributed by atoms with Crippen molar-refractivity contribution in [2.75, 3.05) is 0 Å². The first kappa shape index (κ1) is 13.8. The number of carbonyl (C=O) groups excluding carboxylic acids is 1. The van der Waals surface area contributed by atoms with Crippen molar-refractivity contribution in [2.45, 2.75) is 17.9 Å². The van der Waals surface area contributed by atoms with E-state index in [1.807, 2.05) is 0 Å². The highest BCUT2D eigenvalue weighted by Gasteiger charge is 2.76. The molecule has 2 nitrogen and oxygen atoms in total. The number of carbonyl (C=O) groups is 1. The number of benzene rings is 2. The highest BCUT2D eigenvalue weighted by Crippen LogP contribution is 2.57. The Bertz CT molecular complexity index is 652. The molecule has 0 spiro atoms. The molecule has 2 aromatic rings. The number of halogens is 3. The number of Topliss-reactive ketones (excluding diaryl/α,β-unsaturated/α-hetero) is 1. The summed E-state index contributed by atoms with van der Waals surface area (Å²) in [5, 5.41) is 0. The van der Waals surface area contributed by atoms with Gasteiger partial charge in [0.2, 0.25) is 5.60 Å². The van der Waals surface area contributed by atoms with Gasteiger partial charge in [-0.1, -0.05) is 60.7 Å². The molecule has 0 N–H and O–H groups in total. The molecule has 108 valence electrons. The Labute approximate surface area is 119 Å². The minimum Gasteiger partial charge on any atom is -0.343 e. The molecular formula is C16H11F3O2. The van der Waals surface area contributed by atoms with E-state index in [1.165, 1.54) is 36.4 Å². The van der Waals surface area contributed by atoms with Crippen LogP contribution in [0.1, 0.15) is 15.9 Å². The van der Waals surface area contributed by atoms with Gasteiger partial charge in [-0.25, -0.2) is 0 Å². The maximum absolute atomic E-state index is 13.4. The summed E-state index contributed by atoms with van der Waals surface area (Å²) >= 11 is 0. The summed E-state index contributed by atoms with van der Waals surface area (Å²) < 4.78 is 45.2. The quantitative estimate of drug-likeness (QED) is 0.637. The van der Waals surface area contributed by atoms with Gasteiger partial charge in [0.1, 0.15) is 0 Å². The van der Waals surface area contributed by atoms with Crippen LogP contribution in [-0.4, -0.2) is 18.1 Å². The molecule has 0 unspecified atom stereocenters. The average molecular weight is 292 g/mol. The van der Waals surface area contributed by atoms with Gasteiger partial charge in [0.05, 0.1) is 0 Å². The lowest BCUT2D eigenvalue weighted by Gasteiger charge is -2.17. The lowest BCUT2D eigenvalue weighted by Crippen LogP contribution is -2.35. The molecule has 2 atom stereocenters. The Balaban J connectivity index is 1.98. The van der Waals surface area contributed by atoms with E-state index in [2.05, 4.69) is 0 Å². The monoisotopic (exact) mass is 292 g/mol. The van der Waals surface area contributed by atoms with Crippen LogP contribution in [-0.2, 0) is 10.3 Å². The summed E-state index contributed by atoms with van der Waals surface area (Å²) in [6.07, 6.45) is -6.17. The Hall–Kier alpha value is -2.14. The van der Waals surface area contributed by atoms with E-state index < -0.39 is 23.7 Å². The average Bonchev–Trinajstić information content (AvgIpc) is 3.25. The Morgan fingerprint density at radius 2 is 1.48 bits per heavy atom. The molecule has 0 bridgehead atoms. The first-order valence-electron chi connectivity index (χ1n) is 6.36. The van der Waals surface area contributed by atoms with Crippen LogP contribution in [0.2, 0.25) is 0 Å². The van der Waals surface area contributed by atoms with Gasteiger partial charge in [0.25, 0.3) is 0 Å². The molecule has 1 saturated heterocycles. The van der Waals surface area contributed by atoms with E-state index in [0.29, 0.717) is 0 Å². The zero-order valence-electron chi connectivity index (χ0n) is 10.8. The molecule has 3 rings (SSSR count). The maximum Gasteiger partial charge on any atom is 0.424 e. The van der Waals surface area contributed by atoms with Crippen molar-refractivity contribution in [3.05, 3.63) is 71.8 Å². The number of hydrogen-bond acceptors (Lipinski definition) is 2. The van der Waals surface area contributed by atoms with E-state index >= 15 is 0 Å². The van der Waals surface area contributed by atoms with Crippen LogP contribution in [0.25, 0.3) is 0 Å². The molecule has 1 aliphatic rings. The van der Waals surface area contributed by atoms with Crippen molar-refractivity contribution in [3.8, 4) is 0 Å². The van der Waals surface area contributed by atoms with E-state index in [0.717, 1.165) is 0 Å². The standard InChI is InChI=1S/C16H11F3O2/c17-16(18,19)15(12-9-5-2-6-10-12)14(21-15)13(20)11-7-3-1-4-8-11/h1-10,14H/t14-,15+/m1/s1. The molecule has 0 aromatic heterocycles. The SMILES string of the molecule is O=C(c1ccccc1)[C@H]1O[C@]1(c1ccccc1)C(F)(F)F. The molecule has 5 heteroatoms. The second-order valence-electron chi connectivity index (χ2n) is 4.83. The summed E-state index contributed by atoms with van der Waals surface area (Å²) in [5.41, 5.74) is -2.36. The van der Waals surface area contributed by atoms with Crippen molar-refractivity contribution < 1.29 is 22.7 Å². The largest absolute Gasteiger partial charge is 0.424 e. The third-order valence-electron chi connectivity index (χ3n) is 3.54. The van der Waals surface area contributed by atoms with Crippen molar-refractivity contribution in [2.24, 2.45) is 0 Å². The van der Waals surface area contributed by atoms with Gasteiger partial charge in [-0.2, -0.15) is 13.2 Å². The molecule has 2 aromatic carbocycles. The minimum atomic E-state index is -4.65. The fraction of sp³-hybridized carbons (Fsp3) is 0.188. The lowest BCUT2D eigenvalue weighted by atomic mass is 9.91. The molecule has 1 aliphatic heterocycles. The van der Waals surface area contributed by atoms with Crippen LogP contribution in [0.15, 0.2) is 60.7 Å². The molecule has 0 amide bonds. The van der Waals surface area contributed by atoms with Gasteiger partial charge in [-0.05, 0) is 5.56 Å². The molecule has 1 fully saturated rings. The second-order valence-corrected chi connectivity index (χ2v) is 4.83. The first-order chi connectivity index (χ1) is 9.97. The smallest absolute Gasteiger partial charge is 0.343 e. The van der Waals surface area contributed by atoms with E-state index in [1.54, 1.807) is 24.3 Å². The summed E-state index contributed by atoms with van der Waals surface area (Å²) in [6.45, 7) is 0. The Kier molecular flexibility index (Phi) is 3.10. The normalized spacial score (nSPS) is 24.6. The van der Waals surface area contributed by atoms with Crippen LogP contribution < -0.4 is 0 Å². The zero-order chi connectivity index (χ0) is 15.1. The Morgan fingerprint density at radius 3 is 2.00 bits per heavy atom. The molecule has 1 heterocycles. The first-order valence-corrected chi connectivity index (χ1v) is 6.36. The third-order valence-corrected chi connectivity index (χ3v) is 3.54. The summed E-state index contributed by atoms with van der Waals surface area (Å²) in [6, 6.07) is 15.1. The predicted molar refractivity (Wildman–Crippen MR) is 69.8 cm³/mol. The summed E-state index contributed by atoms with van der Waals surface area (Å²) in [7, 11) is 0. The minimum absolute atomic E-state index is 0.0493. The van der Waals surface area contributed by atoms with Crippen molar-refractivity contribution >= 4 is 5.78 Å². The molecule has 0 radical (unpaired) electrons. The number of ether oxygens (including phenoxy) is 1. The van der Waals surface area contributed by atoms with E-state index in [9.17, 15) is 18.0 Å². The van der Waals surface area contributed by atoms with Crippen molar-refractivity contribution in [3.63, 3.8) is 0 Å². The van der Waals surface area contributed by atoms with Gasteiger partial charge < -0.3 is 4.74 Å². The molecular weight excluding hydrogens is 281 g/mol. The number of ketones is 1. The maximum atomic E-state index is 13.4. The number of alkyl halides is 3. The van der Waals surface area contributed by atoms with Crippen LogP contribution in [0.5, 0.6) is 0 Å². The van der Waals surface area contributed by atoms with Crippen molar-refractivity contribution in [1.29, 1.82) is 0 Å². The highest BCUT2D eigenvalue weighted by molar-refractivity contribution is 6.02. The van der Waals surface area contributed by atoms with Crippen molar-refractivity contribution in [1.82, 2.24) is 0 Å². The van der Waals surface area contributed by atoms with Crippen LogP contribution in [0.3, 0.4) is 0 Å². The fourth-order valence-corrected chi connectivity index (χ4v) is 2.43. The van der Waals surface area contributed by atoms with Gasteiger partial charge in [-0.3, -0.25) is 4.79 Å². The summed E-state index contributed by atoms with van der Waals surface area (Å²) in [5.74, 6) is -0.656. The van der Waals surface area contributed by atoms with Gasteiger partial charge in [0.15, 0.2) is 11.9 Å². The third kappa shape index (κ3) is 2.14. The summed E-state index contributed by atoms with van der Waals surface area (Å²) in [4.78, 5) is 12.2. The van der Waals surface area contributed by atoms with Gasteiger partial charge in [-0.15, -0.1) is 0 Å². The predicted octanol–water partition coefficient (Wildman–Crippen LogP) is 3.73. The lowest BCUT2D eigenvalue weighted by molar-refractivity contribution is -0.187. The van der Waals surface area contributed by atoms with Crippen LogP contribution >= 0.6 is 0 Å². The fourth-order valence-electron chi connectivity index (χ4n) is 2.43. The van der Waals surface area contributed by atoms with Gasteiger partial charge >= 0.3 is 6.18 Å². The van der Waals surface area contributed by atoms with E-state index in [-0.39, 0.29) is 11.1 Å². The van der Waals surface area contributed by atoms with Gasteiger partial charge in [0, 0.05) is 5.56 Å². The number of rotatable bonds is 3. The molecule has 0 saturated carbocycles. The molecule has 0 aliphatic carbocycles. The zero-order valence-corrected chi connectivity index (χ0v) is 10.8. The number of hydrogen-bond donors (Lipinski definition) is 0. The highest BCUT2D eigenvalue weighted by atomic mass is 19.4. The molecule has 21 heavy (non-hydrogen) atoms. The van der Waals surface area contributed by atoms with Crippen LogP contribution in [0, 0.1) is 0 Å².